The highest BCUT2D eigenvalue weighted by molar-refractivity contribution is 6.11. The third-order valence-electron chi connectivity index (χ3n) is 12.5. The molecule has 0 fully saturated rings. The number of rotatable bonds is 7. The highest BCUT2D eigenvalue weighted by Crippen LogP contribution is 2.41. The van der Waals surface area contributed by atoms with Crippen LogP contribution in [0.5, 0.6) is 0 Å². The fourth-order valence-electron chi connectivity index (χ4n) is 9.59. The van der Waals surface area contributed by atoms with Crippen LogP contribution in [0.3, 0.4) is 0 Å². The van der Waals surface area contributed by atoms with Crippen molar-refractivity contribution in [3.63, 3.8) is 0 Å². The Morgan fingerprint density at radius 2 is 0.754 bits per heavy atom. The van der Waals surface area contributed by atoms with E-state index in [2.05, 4.69) is 177 Å². The van der Waals surface area contributed by atoms with Gasteiger partial charge in [-0.3, -0.25) is 4.57 Å². The Kier molecular flexibility index (Phi) is 8.39. The monoisotopic (exact) mass is 831 g/mol. The van der Waals surface area contributed by atoms with Crippen LogP contribution in [0.25, 0.3) is 117 Å². The number of aromatic nitrogens is 7. The summed E-state index contributed by atoms with van der Waals surface area (Å²) < 4.78 is 7.06. The smallest absolute Gasteiger partial charge is 0.164 e. The molecule has 0 saturated heterocycles. The van der Waals surface area contributed by atoms with Crippen molar-refractivity contribution < 1.29 is 0 Å². The van der Waals surface area contributed by atoms with Gasteiger partial charge in [0.1, 0.15) is 5.82 Å². The molecule has 13 aromatic rings. The van der Waals surface area contributed by atoms with Gasteiger partial charge in [-0.1, -0.05) is 152 Å². The molecule has 4 heterocycles. The Balaban J connectivity index is 1.11. The SMILES string of the molecule is c1ccc(-c2nc(-c3ccccc3)nc(-c3ccc(-n4c5ccccc5c5ccccc54)c(-c4nc5ccccc5n4-c4ccc5c6ccccc6n(-c6ccccc6)c5c4)c3)n2)cc1. The van der Waals surface area contributed by atoms with Crippen LogP contribution in [-0.2, 0) is 0 Å². The van der Waals surface area contributed by atoms with Crippen LogP contribution in [0, 0.1) is 0 Å². The molecule has 0 radical (unpaired) electrons. The van der Waals surface area contributed by atoms with E-state index in [9.17, 15) is 0 Å². The van der Waals surface area contributed by atoms with E-state index in [1.165, 1.54) is 21.5 Å². The first-order valence-corrected chi connectivity index (χ1v) is 21.8. The molecule has 9 aromatic carbocycles. The standard InChI is InChI=1S/C58H37N7/c1-4-18-38(19-5-1)55-60-56(39-20-6-2-7-21-39)62-57(61-55)40-32-35-52(65-50-29-15-11-24-43(50)44-25-12-16-30-51(44)65)47(36-40)58-59-48-27-13-17-31-53(48)64(58)42-33-34-46-45-26-10-14-28-49(45)63(54(46)37-42)41-22-8-3-9-23-41/h1-37H. The van der Waals surface area contributed by atoms with Crippen LogP contribution in [0.1, 0.15) is 0 Å². The minimum atomic E-state index is 0.573. The number of hydrogen-bond acceptors (Lipinski definition) is 4. The summed E-state index contributed by atoms with van der Waals surface area (Å²) in [6.07, 6.45) is 0. The van der Waals surface area contributed by atoms with E-state index in [4.69, 9.17) is 19.9 Å². The lowest BCUT2D eigenvalue weighted by molar-refractivity contribution is 1.07. The fourth-order valence-corrected chi connectivity index (χ4v) is 9.59. The molecular weight excluding hydrogens is 795 g/mol. The van der Waals surface area contributed by atoms with Gasteiger partial charge in [0.05, 0.1) is 38.8 Å². The maximum atomic E-state index is 5.55. The average molecular weight is 832 g/mol. The highest BCUT2D eigenvalue weighted by atomic mass is 15.1. The second-order valence-electron chi connectivity index (χ2n) is 16.3. The van der Waals surface area contributed by atoms with Gasteiger partial charge in [0.2, 0.25) is 0 Å². The molecule has 0 aliphatic heterocycles. The Hall–Kier alpha value is -8.94. The predicted molar refractivity (Wildman–Crippen MR) is 265 cm³/mol. The van der Waals surface area contributed by atoms with Crippen LogP contribution in [0.4, 0.5) is 0 Å². The summed E-state index contributed by atoms with van der Waals surface area (Å²) in [5, 5.41) is 4.76. The van der Waals surface area contributed by atoms with Gasteiger partial charge in [-0.2, -0.15) is 0 Å². The minimum absolute atomic E-state index is 0.573. The molecule has 0 aliphatic rings. The van der Waals surface area contributed by atoms with Crippen molar-refractivity contribution in [2.75, 3.05) is 0 Å². The van der Waals surface area contributed by atoms with E-state index < -0.39 is 0 Å². The normalized spacial score (nSPS) is 11.7. The van der Waals surface area contributed by atoms with Gasteiger partial charge in [-0.05, 0) is 72.8 Å². The molecular formula is C58H37N7. The molecule has 7 heteroatoms. The number of fused-ring (bicyclic) bond motifs is 7. The second-order valence-corrected chi connectivity index (χ2v) is 16.3. The van der Waals surface area contributed by atoms with Crippen molar-refractivity contribution in [2.24, 2.45) is 0 Å². The lowest BCUT2D eigenvalue weighted by Crippen LogP contribution is -2.04. The molecule has 0 spiro atoms. The summed E-state index contributed by atoms with van der Waals surface area (Å²) in [4.78, 5) is 20.9. The fraction of sp³-hybridized carbons (Fsp3) is 0. The van der Waals surface area contributed by atoms with Crippen LogP contribution in [0.15, 0.2) is 224 Å². The summed E-state index contributed by atoms with van der Waals surface area (Å²) >= 11 is 0. The topological polar surface area (TPSA) is 66.3 Å². The van der Waals surface area contributed by atoms with Gasteiger partial charge in [-0.15, -0.1) is 0 Å². The van der Waals surface area contributed by atoms with Crippen LogP contribution >= 0.6 is 0 Å². The number of para-hydroxylation sites is 6. The first-order chi connectivity index (χ1) is 32.2. The van der Waals surface area contributed by atoms with Crippen molar-refractivity contribution in [3.8, 4) is 62.6 Å². The molecule has 0 saturated carbocycles. The summed E-state index contributed by atoms with van der Waals surface area (Å²) in [6, 6.07) is 78.6. The van der Waals surface area contributed by atoms with Crippen LogP contribution in [-0.4, -0.2) is 33.6 Å². The molecule has 65 heavy (non-hydrogen) atoms. The van der Waals surface area contributed by atoms with Gasteiger partial charge in [0.15, 0.2) is 17.5 Å². The van der Waals surface area contributed by atoms with Gasteiger partial charge >= 0.3 is 0 Å². The molecule has 7 nitrogen and oxygen atoms in total. The van der Waals surface area contributed by atoms with Gasteiger partial charge in [0, 0.05) is 55.2 Å². The van der Waals surface area contributed by atoms with Crippen LogP contribution < -0.4 is 0 Å². The van der Waals surface area contributed by atoms with E-state index in [-0.39, 0.29) is 0 Å². The minimum Gasteiger partial charge on any atom is -0.309 e. The zero-order chi connectivity index (χ0) is 42.8. The summed E-state index contributed by atoms with van der Waals surface area (Å²) in [5.74, 6) is 2.59. The van der Waals surface area contributed by atoms with Crippen molar-refractivity contribution in [1.82, 2.24) is 33.6 Å². The lowest BCUT2D eigenvalue weighted by Gasteiger charge is -2.17. The molecule has 0 N–H and O–H groups in total. The number of nitrogens with zero attached hydrogens (tertiary/aromatic N) is 7. The third-order valence-corrected chi connectivity index (χ3v) is 12.5. The maximum Gasteiger partial charge on any atom is 0.164 e. The molecule has 0 amide bonds. The van der Waals surface area contributed by atoms with Crippen LogP contribution in [0.2, 0.25) is 0 Å². The first kappa shape index (κ1) is 36.7. The Bertz CT molecular complexity index is 3830. The lowest BCUT2D eigenvalue weighted by atomic mass is 10.1. The van der Waals surface area contributed by atoms with E-state index >= 15 is 0 Å². The Morgan fingerprint density at radius 3 is 1.35 bits per heavy atom. The summed E-state index contributed by atoms with van der Waals surface area (Å²) in [7, 11) is 0. The molecule has 0 bridgehead atoms. The maximum absolute atomic E-state index is 5.55. The van der Waals surface area contributed by atoms with Crippen molar-refractivity contribution >= 4 is 54.6 Å². The first-order valence-electron chi connectivity index (χ1n) is 21.8. The molecule has 304 valence electrons. The summed E-state index contributed by atoms with van der Waals surface area (Å²) in [5.41, 5.74) is 13.1. The van der Waals surface area contributed by atoms with E-state index in [1.807, 2.05) is 60.7 Å². The molecule has 13 rings (SSSR count). The van der Waals surface area contributed by atoms with Crippen molar-refractivity contribution in [1.29, 1.82) is 0 Å². The van der Waals surface area contributed by atoms with E-state index in [0.29, 0.717) is 17.5 Å². The second kappa shape index (κ2) is 14.9. The van der Waals surface area contributed by atoms with Crippen molar-refractivity contribution in [3.05, 3.63) is 224 Å². The van der Waals surface area contributed by atoms with Gasteiger partial charge < -0.3 is 9.13 Å². The van der Waals surface area contributed by atoms with E-state index in [1.54, 1.807) is 0 Å². The zero-order valence-electron chi connectivity index (χ0n) is 35.0. The predicted octanol–water partition coefficient (Wildman–Crippen LogP) is 14.1. The summed E-state index contributed by atoms with van der Waals surface area (Å²) in [6.45, 7) is 0. The number of hydrogen-bond donors (Lipinski definition) is 0. The largest absolute Gasteiger partial charge is 0.309 e. The van der Waals surface area contributed by atoms with Gasteiger partial charge in [-0.25, -0.2) is 19.9 Å². The number of imidazole rings is 1. The zero-order valence-corrected chi connectivity index (χ0v) is 35.0. The molecule has 0 unspecified atom stereocenters. The van der Waals surface area contributed by atoms with Crippen molar-refractivity contribution in [2.45, 2.75) is 0 Å². The number of benzene rings is 9. The van der Waals surface area contributed by atoms with Gasteiger partial charge in [0.25, 0.3) is 0 Å². The Labute approximate surface area is 373 Å². The third kappa shape index (κ3) is 5.98. The molecule has 0 atom stereocenters. The van der Waals surface area contributed by atoms with E-state index in [0.717, 1.165) is 78.2 Å². The molecule has 0 aliphatic carbocycles. The quantitative estimate of drug-likeness (QED) is 0.160. The molecule has 4 aromatic heterocycles. The Morgan fingerprint density at radius 1 is 0.277 bits per heavy atom. The average Bonchev–Trinajstić information content (AvgIpc) is 4.05. The highest BCUT2D eigenvalue weighted by Gasteiger charge is 2.24.